The van der Waals surface area contributed by atoms with E-state index in [1.54, 1.807) is 0 Å². The van der Waals surface area contributed by atoms with Crippen LogP contribution in [0.25, 0.3) is 10.9 Å². The van der Waals surface area contributed by atoms with Crippen LogP contribution in [0.5, 0.6) is 0 Å². The monoisotopic (exact) mass is 351 g/mol. The van der Waals surface area contributed by atoms with Crippen molar-refractivity contribution in [2.75, 3.05) is 26.2 Å². The molecule has 1 aliphatic heterocycles. The summed E-state index contributed by atoms with van der Waals surface area (Å²) in [5.74, 6) is 0.161. The van der Waals surface area contributed by atoms with Crippen LogP contribution in [0.15, 0.2) is 24.3 Å². The van der Waals surface area contributed by atoms with Gasteiger partial charge in [-0.1, -0.05) is 30.9 Å². The molecule has 0 unspecified atom stereocenters. The lowest BCUT2D eigenvalue weighted by atomic mass is 9.94. The molecule has 0 N–H and O–H groups in total. The Bertz CT molecular complexity index is 802. The number of nitrogens with zero attached hydrogens (tertiary/aromatic N) is 3. The van der Waals surface area contributed by atoms with Gasteiger partial charge in [-0.2, -0.15) is 0 Å². The highest BCUT2D eigenvalue weighted by Gasteiger charge is 2.28. The molecule has 26 heavy (non-hydrogen) atoms. The topological polar surface area (TPSA) is 36.4 Å². The molecule has 0 bridgehead atoms. The Kier molecular flexibility index (Phi) is 4.94. The van der Waals surface area contributed by atoms with E-state index < -0.39 is 0 Å². The highest BCUT2D eigenvalue weighted by atomic mass is 16.2. The van der Waals surface area contributed by atoms with Crippen LogP contribution in [0, 0.1) is 13.8 Å². The zero-order valence-electron chi connectivity index (χ0n) is 16.0. The zero-order chi connectivity index (χ0) is 18.1. The summed E-state index contributed by atoms with van der Waals surface area (Å²) in [6.07, 6.45) is 6.79. The molecule has 4 nitrogen and oxygen atoms in total. The molecule has 1 saturated carbocycles. The summed E-state index contributed by atoms with van der Waals surface area (Å²) in [6, 6.07) is 8.87. The first-order chi connectivity index (χ1) is 12.6. The van der Waals surface area contributed by atoms with Crippen molar-refractivity contribution < 1.29 is 4.79 Å². The summed E-state index contributed by atoms with van der Waals surface area (Å²) in [4.78, 5) is 22.5. The van der Waals surface area contributed by atoms with Crippen molar-refractivity contribution in [3.05, 3.63) is 41.1 Å². The molecule has 1 amide bonds. The van der Waals surface area contributed by atoms with E-state index in [1.807, 2.05) is 24.0 Å². The Labute approximate surface area is 156 Å². The fraction of sp³-hybridized carbons (Fsp3) is 0.545. The number of pyridine rings is 1. The fourth-order valence-electron chi connectivity index (χ4n) is 4.56. The van der Waals surface area contributed by atoms with Crippen molar-refractivity contribution in [2.24, 2.45) is 0 Å². The lowest BCUT2D eigenvalue weighted by Gasteiger charge is -2.40. The van der Waals surface area contributed by atoms with Gasteiger partial charge in [-0.3, -0.25) is 14.7 Å². The van der Waals surface area contributed by atoms with Gasteiger partial charge in [-0.25, -0.2) is 0 Å². The van der Waals surface area contributed by atoms with Gasteiger partial charge in [-0.05, 0) is 44.9 Å². The quantitative estimate of drug-likeness (QED) is 0.822. The molecule has 0 spiro atoms. The second-order valence-electron chi connectivity index (χ2n) is 7.95. The highest BCUT2D eigenvalue weighted by Crippen LogP contribution is 2.25. The third-order valence-electron chi connectivity index (χ3n) is 6.02. The number of fused-ring (bicyclic) bond motifs is 1. The molecule has 2 aliphatic rings. The largest absolute Gasteiger partial charge is 0.336 e. The zero-order valence-corrected chi connectivity index (χ0v) is 16.0. The van der Waals surface area contributed by atoms with Crippen molar-refractivity contribution in [1.82, 2.24) is 14.8 Å². The van der Waals surface area contributed by atoms with Crippen LogP contribution in [0.3, 0.4) is 0 Å². The Balaban J connectivity index is 1.52. The Hall–Kier alpha value is -1.94. The molecule has 1 saturated heterocycles. The van der Waals surface area contributed by atoms with E-state index in [-0.39, 0.29) is 5.91 Å². The highest BCUT2D eigenvalue weighted by molar-refractivity contribution is 6.06. The maximum atomic E-state index is 13.2. The van der Waals surface area contributed by atoms with E-state index >= 15 is 0 Å². The van der Waals surface area contributed by atoms with Crippen molar-refractivity contribution in [3.8, 4) is 0 Å². The second kappa shape index (κ2) is 7.36. The fourth-order valence-corrected chi connectivity index (χ4v) is 4.56. The standard InChI is InChI=1S/C22H29N3O/c1-16-8-9-21-19(14-16)20(15-17(2)23-21)22(26)25-12-10-24(11-13-25)18-6-4-3-5-7-18/h8-9,14-15,18H,3-7,10-13H2,1-2H3. The first-order valence-corrected chi connectivity index (χ1v) is 10.0. The number of aromatic nitrogens is 1. The van der Waals surface area contributed by atoms with E-state index in [2.05, 4.69) is 28.9 Å². The SMILES string of the molecule is Cc1ccc2nc(C)cc(C(=O)N3CCN(C4CCCCC4)CC3)c2c1. The molecule has 0 atom stereocenters. The molecule has 2 aromatic rings. The molecule has 1 aromatic heterocycles. The Morgan fingerprint density at radius 3 is 2.46 bits per heavy atom. The lowest BCUT2D eigenvalue weighted by molar-refractivity contribution is 0.0525. The molecule has 0 radical (unpaired) electrons. The number of benzene rings is 1. The number of hydrogen-bond acceptors (Lipinski definition) is 3. The predicted octanol–water partition coefficient (Wildman–Crippen LogP) is 3.94. The van der Waals surface area contributed by atoms with Crippen LogP contribution in [0.4, 0.5) is 0 Å². The number of rotatable bonds is 2. The summed E-state index contributed by atoms with van der Waals surface area (Å²) >= 11 is 0. The summed E-state index contributed by atoms with van der Waals surface area (Å²) < 4.78 is 0. The van der Waals surface area contributed by atoms with Gasteiger partial charge in [-0.15, -0.1) is 0 Å². The van der Waals surface area contributed by atoms with Gasteiger partial charge in [0.1, 0.15) is 0 Å². The van der Waals surface area contributed by atoms with Crippen molar-refractivity contribution >= 4 is 16.8 Å². The summed E-state index contributed by atoms with van der Waals surface area (Å²) in [5.41, 5.74) is 3.80. The third kappa shape index (κ3) is 3.48. The lowest BCUT2D eigenvalue weighted by Crippen LogP contribution is -2.52. The normalized spacial score (nSPS) is 19.8. The van der Waals surface area contributed by atoms with Crippen LogP contribution >= 0.6 is 0 Å². The summed E-state index contributed by atoms with van der Waals surface area (Å²) in [5, 5.41) is 0.982. The number of carbonyl (C=O) groups excluding carboxylic acids is 1. The molecular formula is C22H29N3O. The maximum absolute atomic E-state index is 13.2. The number of aryl methyl sites for hydroxylation is 2. The smallest absolute Gasteiger partial charge is 0.254 e. The third-order valence-corrected chi connectivity index (χ3v) is 6.02. The average molecular weight is 351 g/mol. The van der Waals surface area contributed by atoms with Gasteiger partial charge in [0.2, 0.25) is 0 Å². The number of carbonyl (C=O) groups is 1. The first kappa shape index (κ1) is 17.5. The van der Waals surface area contributed by atoms with Crippen LogP contribution in [0.2, 0.25) is 0 Å². The second-order valence-corrected chi connectivity index (χ2v) is 7.95. The molecule has 2 fully saturated rings. The maximum Gasteiger partial charge on any atom is 0.254 e. The van der Waals surface area contributed by atoms with Crippen LogP contribution in [0.1, 0.15) is 53.7 Å². The van der Waals surface area contributed by atoms with Crippen molar-refractivity contribution in [1.29, 1.82) is 0 Å². The van der Waals surface area contributed by atoms with E-state index in [0.29, 0.717) is 0 Å². The minimum atomic E-state index is 0.161. The van der Waals surface area contributed by atoms with Crippen molar-refractivity contribution in [2.45, 2.75) is 52.0 Å². The molecule has 4 rings (SSSR count). The molecule has 1 aromatic carbocycles. The van der Waals surface area contributed by atoms with E-state index in [9.17, 15) is 4.79 Å². The van der Waals surface area contributed by atoms with E-state index in [4.69, 9.17) is 0 Å². The van der Waals surface area contributed by atoms with Gasteiger partial charge in [0.15, 0.2) is 0 Å². The van der Waals surface area contributed by atoms with Crippen LogP contribution < -0.4 is 0 Å². The predicted molar refractivity (Wildman–Crippen MR) is 106 cm³/mol. The van der Waals surface area contributed by atoms with E-state index in [1.165, 1.54) is 37.7 Å². The summed E-state index contributed by atoms with van der Waals surface area (Å²) in [6.45, 7) is 7.73. The number of piperazine rings is 1. The average Bonchev–Trinajstić information content (AvgIpc) is 2.68. The first-order valence-electron chi connectivity index (χ1n) is 10.0. The molecule has 2 heterocycles. The molecule has 1 aliphatic carbocycles. The Morgan fingerprint density at radius 2 is 1.73 bits per heavy atom. The van der Waals surface area contributed by atoms with Gasteiger partial charge >= 0.3 is 0 Å². The minimum absolute atomic E-state index is 0.161. The van der Waals surface area contributed by atoms with Crippen LogP contribution in [-0.2, 0) is 0 Å². The number of hydrogen-bond donors (Lipinski definition) is 0. The molecule has 4 heteroatoms. The van der Waals surface area contributed by atoms with E-state index in [0.717, 1.165) is 54.4 Å². The van der Waals surface area contributed by atoms with Gasteiger partial charge in [0.25, 0.3) is 5.91 Å². The van der Waals surface area contributed by atoms with Gasteiger partial charge in [0, 0.05) is 43.3 Å². The molecular weight excluding hydrogens is 322 g/mol. The molecule has 138 valence electrons. The van der Waals surface area contributed by atoms with Crippen molar-refractivity contribution in [3.63, 3.8) is 0 Å². The summed E-state index contributed by atoms with van der Waals surface area (Å²) in [7, 11) is 0. The van der Waals surface area contributed by atoms with Gasteiger partial charge in [0.05, 0.1) is 11.1 Å². The minimum Gasteiger partial charge on any atom is -0.336 e. The van der Waals surface area contributed by atoms with Gasteiger partial charge < -0.3 is 4.90 Å². The Morgan fingerprint density at radius 1 is 1.00 bits per heavy atom. The van der Waals surface area contributed by atoms with Crippen LogP contribution in [-0.4, -0.2) is 52.9 Å². The number of amides is 1.